The zero-order valence-corrected chi connectivity index (χ0v) is 19.0. The van der Waals surface area contributed by atoms with Crippen LogP contribution in [0.15, 0.2) is 66.9 Å². The summed E-state index contributed by atoms with van der Waals surface area (Å²) < 4.78 is 14.7. The van der Waals surface area contributed by atoms with Gasteiger partial charge in [0, 0.05) is 24.6 Å². The van der Waals surface area contributed by atoms with Gasteiger partial charge in [-0.15, -0.1) is 11.3 Å². The van der Waals surface area contributed by atoms with Gasteiger partial charge in [0.1, 0.15) is 16.3 Å². The Kier molecular flexibility index (Phi) is 6.46. The molecule has 8 heteroatoms. The van der Waals surface area contributed by atoms with E-state index in [2.05, 4.69) is 23.3 Å². The highest BCUT2D eigenvalue weighted by molar-refractivity contribution is 7.20. The molecule has 0 unspecified atom stereocenters. The average molecular weight is 463 g/mol. The van der Waals surface area contributed by atoms with E-state index in [4.69, 9.17) is 10.2 Å². The van der Waals surface area contributed by atoms with Gasteiger partial charge in [-0.3, -0.25) is 4.79 Å². The Bertz CT molecular complexity index is 1300. The number of hydrogen-bond donors (Lipinski definition) is 1. The second-order valence-electron chi connectivity index (χ2n) is 7.75. The van der Waals surface area contributed by atoms with Crippen molar-refractivity contribution in [3.8, 4) is 0 Å². The van der Waals surface area contributed by atoms with Crippen molar-refractivity contribution >= 4 is 44.6 Å². The second kappa shape index (κ2) is 9.46. The summed E-state index contributed by atoms with van der Waals surface area (Å²) in [6.45, 7) is 10.2. The summed E-state index contributed by atoms with van der Waals surface area (Å²) >= 11 is 1.30. The number of thiazole rings is 1. The molecule has 6 nitrogen and oxygen atoms in total. The lowest BCUT2D eigenvalue weighted by atomic mass is 10.0. The minimum Gasteiger partial charge on any atom is -0.357 e. The van der Waals surface area contributed by atoms with Gasteiger partial charge >= 0.3 is 0 Å². The maximum atomic E-state index is 14.0. The van der Waals surface area contributed by atoms with Gasteiger partial charge in [-0.1, -0.05) is 42.6 Å². The molecule has 3 aromatic rings. The molecule has 0 spiro atoms. The van der Waals surface area contributed by atoms with Crippen molar-refractivity contribution in [2.45, 2.75) is 13.3 Å². The van der Waals surface area contributed by atoms with Gasteiger partial charge < -0.3 is 15.1 Å². The number of nitrogens with one attached hydrogen (secondary N) is 1. The first-order chi connectivity index (χ1) is 15.9. The largest absolute Gasteiger partial charge is 0.357 e. The van der Waals surface area contributed by atoms with Crippen LogP contribution in [0.3, 0.4) is 0 Å². The van der Waals surface area contributed by atoms with Crippen LogP contribution in [0, 0.1) is 17.1 Å². The monoisotopic (exact) mass is 462 g/mol. The van der Waals surface area contributed by atoms with Crippen molar-refractivity contribution in [2.75, 3.05) is 13.1 Å². The van der Waals surface area contributed by atoms with Gasteiger partial charge in [0.15, 0.2) is 5.76 Å². The van der Waals surface area contributed by atoms with E-state index < -0.39 is 5.82 Å². The molecule has 1 aliphatic heterocycles. The fraction of sp³-hybridized carbons (Fsp3) is 0.200. The van der Waals surface area contributed by atoms with E-state index in [1.807, 2.05) is 0 Å². The van der Waals surface area contributed by atoms with Gasteiger partial charge in [0.25, 0.3) is 5.91 Å². The predicted molar refractivity (Wildman–Crippen MR) is 130 cm³/mol. The number of rotatable bonds is 7. The number of nitrogens with zero attached hydrogens (tertiary/aromatic N) is 3. The van der Waals surface area contributed by atoms with Crippen molar-refractivity contribution in [1.82, 2.24) is 9.88 Å². The molecule has 1 aromatic heterocycles. The summed E-state index contributed by atoms with van der Waals surface area (Å²) in [7, 11) is 0. The lowest BCUT2D eigenvalue weighted by molar-refractivity contribution is 0.0789. The van der Waals surface area contributed by atoms with E-state index in [1.54, 1.807) is 54.3 Å². The number of carbonyl (C=O) groups is 1. The standard InChI is InChI=1S/C25H23FN4O2S/c1-4-15(2)29-32-16(3)18-8-5-6-9-19(18)25(31)30-13-12-17(14-30)22(27)24-28-23-20(26)10-7-11-21(23)33-24/h4-11,17,27H,1,3,12-14H2,2H3/b27-22?,29-15-/t17-/m1/s1. The number of likely N-dealkylation sites (tertiary alicyclic amines) is 1. The molecule has 33 heavy (non-hydrogen) atoms. The van der Waals surface area contributed by atoms with Crippen LogP contribution in [-0.4, -0.2) is 40.3 Å². The number of halogens is 1. The van der Waals surface area contributed by atoms with Gasteiger partial charge in [0.2, 0.25) is 0 Å². The lowest BCUT2D eigenvalue weighted by Gasteiger charge is -2.19. The molecule has 1 saturated heterocycles. The first-order valence-corrected chi connectivity index (χ1v) is 11.3. The number of benzene rings is 2. The minimum absolute atomic E-state index is 0.162. The van der Waals surface area contributed by atoms with Crippen molar-refractivity contribution in [3.05, 3.63) is 83.7 Å². The van der Waals surface area contributed by atoms with Gasteiger partial charge in [0.05, 0.1) is 21.7 Å². The van der Waals surface area contributed by atoms with Gasteiger partial charge in [-0.05, 0) is 37.6 Å². The highest BCUT2D eigenvalue weighted by Gasteiger charge is 2.32. The molecule has 1 amide bonds. The maximum absolute atomic E-state index is 14.0. The van der Waals surface area contributed by atoms with E-state index in [9.17, 15) is 9.18 Å². The molecule has 168 valence electrons. The molecule has 1 N–H and O–H groups in total. The Morgan fingerprint density at radius 3 is 2.79 bits per heavy atom. The number of oxime groups is 1. The maximum Gasteiger partial charge on any atom is 0.254 e. The fourth-order valence-corrected chi connectivity index (χ4v) is 4.69. The van der Waals surface area contributed by atoms with Crippen LogP contribution < -0.4 is 0 Å². The SMILES string of the molecule is C=C/C(C)=N\OC(=C)c1ccccc1C(=O)N1CC[C@@H](C(=N)c2nc3c(F)cccc3s2)C1. The van der Waals surface area contributed by atoms with Crippen LogP contribution in [0.25, 0.3) is 16.0 Å². The first-order valence-electron chi connectivity index (χ1n) is 10.4. The third kappa shape index (κ3) is 4.61. The zero-order chi connectivity index (χ0) is 23.5. The average Bonchev–Trinajstić information content (AvgIpc) is 3.50. The van der Waals surface area contributed by atoms with Crippen LogP contribution in [0.5, 0.6) is 0 Å². The number of allylic oxidation sites excluding steroid dienone is 1. The van der Waals surface area contributed by atoms with Crippen LogP contribution in [0.2, 0.25) is 0 Å². The fourth-order valence-electron chi connectivity index (χ4n) is 3.68. The molecule has 2 heterocycles. The summed E-state index contributed by atoms with van der Waals surface area (Å²) in [5.41, 5.74) is 2.23. The molecule has 2 aromatic carbocycles. The topological polar surface area (TPSA) is 78.6 Å². The van der Waals surface area contributed by atoms with E-state index in [-0.39, 0.29) is 23.1 Å². The van der Waals surface area contributed by atoms with E-state index >= 15 is 0 Å². The van der Waals surface area contributed by atoms with E-state index in [0.29, 0.717) is 51.8 Å². The predicted octanol–water partition coefficient (Wildman–Crippen LogP) is 5.51. The lowest BCUT2D eigenvalue weighted by Crippen LogP contribution is -2.30. The number of aromatic nitrogens is 1. The third-order valence-electron chi connectivity index (χ3n) is 5.54. The number of fused-ring (bicyclic) bond motifs is 1. The second-order valence-corrected chi connectivity index (χ2v) is 8.78. The van der Waals surface area contributed by atoms with Crippen molar-refractivity contribution in [1.29, 1.82) is 5.41 Å². The molecule has 0 radical (unpaired) electrons. The normalized spacial score (nSPS) is 16.1. The van der Waals surface area contributed by atoms with Gasteiger partial charge in [-0.25, -0.2) is 9.37 Å². The quantitative estimate of drug-likeness (QED) is 0.285. The molecule has 1 fully saturated rings. The Balaban J connectivity index is 1.50. The molecular formula is C25H23FN4O2S. The number of amides is 1. The Morgan fingerprint density at radius 2 is 2.06 bits per heavy atom. The van der Waals surface area contributed by atoms with Gasteiger partial charge in [-0.2, -0.15) is 0 Å². The Labute approximate surface area is 195 Å². The smallest absolute Gasteiger partial charge is 0.254 e. The van der Waals surface area contributed by atoms with E-state index in [0.717, 1.165) is 0 Å². The number of hydrogen-bond acceptors (Lipinski definition) is 6. The Morgan fingerprint density at radius 1 is 1.30 bits per heavy atom. The third-order valence-corrected chi connectivity index (χ3v) is 6.59. The molecule has 0 aliphatic carbocycles. The van der Waals surface area contributed by atoms with Crippen molar-refractivity contribution in [2.24, 2.45) is 11.1 Å². The summed E-state index contributed by atoms with van der Waals surface area (Å²) in [5, 5.41) is 13.0. The number of carbonyl (C=O) groups excluding carboxylic acids is 1. The minimum atomic E-state index is -0.391. The van der Waals surface area contributed by atoms with Crippen molar-refractivity contribution < 1.29 is 14.0 Å². The van der Waals surface area contributed by atoms with Crippen LogP contribution >= 0.6 is 11.3 Å². The van der Waals surface area contributed by atoms with Crippen LogP contribution in [-0.2, 0) is 4.84 Å². The molecule has 0 saturated carbocycles. The molecule has 0 bridgehead atoms. The van der Waals surface area contributed by atoms with Crippen molar-refractivity contribution in [3.63, 3.8) is 0 Å². The Hall–Kier alpha value is -3.65. The summed E-state index contributed by atoms with van der Waals surface area (Å²) in [6.07, 6.45) is 2.20. The summed E-state index contributed by atoms with van der Waals surface area (Å²) in [6, 6.07) is 11.9. The zero-order valence-electron chi connectivity index (χ0n) is 18.2. The molecule has 1 aliphatic rings. The van der Waals surface area contributed by atoms with Crippen LogP contribution in [0.1, 0.15) is 34.3 Å². The highest BCUT2D eigenvalue weighted by atomic mass is 32.1. The highest BCUT2D eigenvalue weighted by Crippen LogP contribution is 2.30. The molecule has 1 atom stereocenters. The molecular weight excluding hydrogens is 439 g/mol. The first kappa shape index (κ1) is 22.5. The van der Waals surface area contributed by atoms with E-state index in [1.165, 1.54) is 17.4 Å². The summed E-state index contributed by atoms with van der Waals surface area (Å²) in [4.78, 5) is 24.7. The summed E-state index contributed by atoms with van der Waals surface area (Å²) in [5.74, 6) is -0.452. The van der Waals surface area contributed by atoms with Crippen LogP contribution in [0.4, 0.5) is 4.39 Å². The molecule has 4 rings (SSSR count). The number of para-hydroxylation sites is 1.